The molecule has 24 heavy (non-hydrogen) atoms. The van der Waals surface area contributed by atoms with Crippen molar-refractivity contribution in [1.29, 1.82) is 5.26 Å². The standard InChI is InChI=1S/C15H15FN4O3S/c1-9(21)8-20(2)15(22)19-14-18-7-13(24-14)23-12-5-3-4-11(16)10(12)6-17/h3-5,7,9,21H,8H2,1-2H3,(H,18,19,22)/t9-/m0/s1. The van der Waals surface area contributed by atoms with E-state index in [1.807, 2.05) is 0 Å². The van der Waals surface area contributed by atoms with E-state index < -0.39 is 18.0 Å². The number of thiazole rings is 1. The van der Waals surface area contributed by atoms with Gasteiger partial charge in [-0.1, -0.05) is 17.4 Å². The fourth-order valence-electron chi connectivity index (χ4n) is 1.84. The van der Waals surface area contributed by atoms with E-state index in [1.54, 1.807) is 20.0 Å². The van der Waals surface area contributed by atoms with Gasteiger partial charge in [-0.3, -0.25) is 5.32 Å². The van der Waals surface area contributed by atoms with Crippen LogP contribution in [0.25, 0.3) is 0 Å². The highest BCUT2D eigenvalue weighted by atomic mass is 32.1. The number of amides is 2. The van der Waals surface area contributed by atoms with E-state index in [1.165, 1.54) is 29.3 Å². The molecule has 126 valence electrons. The third-order valence-electron chi connectivity index (χ3n) is 2.88. The van der Waals surface area contributed by atoms with Crippen molar-refractivity contribution in [3.05, 3.63) is 35.8 Å². The summed E-state index contributed by atoms with van der Waals surface area (Å²) in [7, 11) is 1.54. The van der Waals surface area contributed by atoms with Crippen molar-refractivity contribution in [2.75, 3.05) is 18.9 Å². The van der Waals surface area contributed by atoms with E-state index in [-0.39, 0.29) is 23.0 Å². The summed E-state index contributed by atoms with van der Waals surface area (Å²) in [6.07, 6.45) is 0.717. The molecular weight excluding hydrogens is 335 g/mol. The second-order valence-electron chi connectivity index (χ2n) is 4.97. The molecule has 0 radical (unpaired) electrons. The number of anilines is 1. The van der Waals surface area contributed by atoms with Crippen molar-refractivity contribution in [3.63, 3.8) is 0 Å². The monoisotopic (exact) mass is 350 g/mol. The van der Waals surface area contributed by atoms with Crippen LogP contribution in [0.1, 0.15) is 12.5 Å². The molecule has 0 fully saturated rings. The smallest absolute Gasteiger partial charge is 0.323 e. The average Bonchev–Trinajstić information content (AvgIpc) is 2.94. The van der Waals surface area contributed by atoms with Crippen LogP contribution in [-0.2, 0) is 0 Å². The Hall–Kier alpha value is -2.70. The summed E-state index contributed by atoms with van der Waals surface area (Å²) in [5, 5.41) is 21.4. The van der Waals surface area contributed by atoms with Crippen molar-refractivity contribution in [2.24, 2.45) is 0 Å². The number of nitrogens with one attached hydrogen (secondary N) is 1. The van der Waals surface area contributed by atoms with Crippen LogP contribution < -0.4 is 10.1 Å². The summed E-state index contributed by atoms with van der Waals surface area (Å²) in [4.78, 5) is 17.2. The van der Waals surface area contributed by atoms with Gasteiger partial charge >= 0.3 is 6.03 Å². The number of hydrogen-bond acceptors (Lipinski definition) is 6. The zero-order valence-electron chi connectivity index (χ0n) is 13.0. The number of ether oxygens (including phenoxy) is 1. The van der Waals surface area contributed by atoms with Gasteiger partial charge in [-0.2, -0.15) is 5.26 Å². The third kappa shape index (κ3) is 4.41. The molecule has 0 saturated carbocycles. The number of rotatable bonds is 5. The second kappa shape index (κ2) is 7.72. The SMILES string of the molecule is C[C@H](O)CN(C)C(=O)Nc1ncc(Oc2cccc(F)c2C#N)s1. The number of likely N-dealkylation sites (N-methyl/N-ethyl adjacent to an activating group) is 1. The van der Waals surface area contributed by atoms with Crippen LogP contribution in [0.2, 0.25) is 0 Å². The highest BCUT2D eigenvalue weighted by molar-refractivity contribution is 7.17. The van der Waals surface area contributed by atoms with Gasteiger partial charge in [0.15, 0.2) is 5.13 Å². The summed E-state index contributed by atoms with van der Waals surface area (Å²) in [5.41, 5.74) is -0.201. The Bertz CT molecular complexity index is 772. The van der Waals surface area contributed by atoms with Gasteiger partial charge in [0.25, 0.3) is 0 Å². The molecule has 1 heterocycles. The lowest BCUT2D eigenvalue weighted by atomic mass is 10.2. The molecule has 2 rings (SSSR count). The number of carbonyl (C=O) groups excluding carboxylic acids is 1. The molecule has 0 aliphatic carbocycles. The summed E-state index contributed by atoms with van der Waals surface area (Å²) in [6, 6.07) is 5.38. The van der Waals surface area contributed by atoms with Gasteiger partial charge in [-0.05, 0) is 19.1 Å². The number of halogens is 1. The highest BCUT2D eigenvalue weighted by Crippen LogP contribution is 2.32. The normalized spacial score (nSPS) is 11.5. The molecule has 9 heteroatoms. The zero-order chi connectivity index (χ0) is 17.7. The molecule has 2 aromatic rings. The first kappa shape index (κ1) is 17.7. The van der Waals surface area contributed by atoms with Crippen LogP contribution in [0.3, 0.4) is 0 Å². The number of benzene rings is 1. The number of urea groups is 1. The van der Waals surface area contributed by atoms with Gasteiger partial charge in [0.2, 0.25) is 5.06 Å². The maximum atomic E-state index is 13.5. The lowest BCUT2D eigenvalue weighted by molar-refractivity contribution is 0.149. The van der Waals surface area contributed by atoms with Gasteiger partial charge in [-0.25, -0.2) is 14.2 Å². The number of hydrogen-bond donors (Lipinski definition) is 2. The predicted octanol–water partition coefficient (Wildman–Crippen LogP) is 2.79. The lowest BCUT2D eigenvalue weighted by Gasteiger charge is -2.18. The quantitative estimate of drug-likeness (QED) is 0.864. The maximum absolute atomic E-state index is 13.5. The van der Waals surface area contributed by atoms with Gasteiger partial charge in [0.1, 0.15) is 23.2 Å². The molecule has 1 aromatic heterocycles. The minimum atomic E-state index is -0.673. The molecular formula is C15H15FN4O3S. The van der Waals surface area contributed by atoms with Crippen molar-refractivity contribution < 1.29 is 19.0 Å². The van der Waals surface area contributed by atoms with E-state index >= 15 is 0 Å². The number of aromatic nitrogens is 1. The Kier molecular flexibility index (Phi) is 5.68. The van der Waals surface area contributed by atoms with Crippen molar-refractivity contribution >= 4 is 22.5 Å². The van der Waals surface area contributed by atoms with Crippen molar-refractivity contribution in [3.8, 4) is 16.9 Å². The fourth-order valence-corrected chi connectivity index (χ4v) is 2.51. The summed E-state index contributed by atoms with van der Waals surface area (Å²) in [6.45, 7) is 1.75. The van der Waals surface area contributed by atoms with Crippen LogP contribution in [0.4, 0.5) is 14.3 Å². The maximum Gasteiger partial charge on any atom is 0.323 e. The Morgan fingerprint density at radius 3 is 3.04 bits per heavy atom. The van der Waals surface area contributed by atoms with Gasteiger partial charge in [0, 0.05) is 13.6 Å². The first-order valence-electron chi connectivity index (χ1n) is 6.93. The van der Waals surface area contributed by atoms with Gasteiger partial charge in [0.05, 0.1) is 12.3 Å². The van der Waals surface area contributed by atoms with Crippen LogP contribution in [0.15, 0.2) is 24.4 Å². The third-order valence-corrected chi connectivity index (χ3v) is 3.67. The number of carbonyl (C=O) groups is 1. The Labute approximate surface area is 141 Å². The molecule has 0 spiro atoms. The number of nitriles is 1. The Morgan fingerprint density at radius 1 is 1.62 bits per heavy atom. The van der Waals surface area contributed by atoms with Gasteiger partial charge < -0.3 is 14.7 Å². The van der Waals surface area contributed by atoms with Crippen molar-refractivity contribution in [2.45, 2.75) is 13.0 Å². The molecule has 0 bridgehead atoms. The molecule has 1 atom stereocenters. The highest BCUT2D eigenvalue weighted by Gasteiger charge is 2.15. The van der Waals surface area contributed by atoms with Crippen LogP contribution in [-0.4, -0.2) is 40.7 Å². The first-order valence-corrected chi connectivity index (χ1v) is 7.75. The zero-order valence-corrected chi connectivity index (χ0v) is 13.8. The summed E-state index contributed by atoms with van der Waals surface area (Å²) < 4.78 is 19.0. The number of aliphatic hydroxyl groups excluding tert-OH is 1. The van der Waals surface area contributed by atoms with E-state index in [9.17, 15) is 14.3 Å². The van der Waals surface area contributed by atoms with E-state index in [0.29, 0.717) is 5.06 Å². The van der Waals surface area contributed by atoms with Crippen LogP contribution in [0.5, 0.6) is 10.8 Å². The second-order valence-corrected chi connectivity index (χ2v) is 5.96. The van der Waals surface area contributed by atoms with Crippen molar-refractivity contribution in [1.82, 2.24) is 9.88 Å². The molecule has 2 N–H and O–H groups in total. The van der Waals surface area contributed by atoms with E-state index in [0.717, 1.165) is 11.3 Å². The number of aliphatic hydroxyl groups is 1. The molecule has 0 aliphatic rings. The first-order chi connectivity index (χ1) is 11.4. The largest absolute Gasteiger partial charge is 0.443 e. The van der Waals surface area contributed by atoms with Crippen LogP contribution >= 0.6 is 11.3 Å². The minimum absolute atomic E-state index is 0.0743. The Balaban J connectivity index is 2.05. The topological polar surface area (TPSA) is 98.5 Å². The molecule has 1 aromatic carbocycles. The number of nitrogens with zero attached hydrogens (tertiary/aromatic N) is 3. The summed E-state index contributed by atoms with van der Waals surface area (Å²) >= 11 is 1.03. The molecule has 0 saturated heterocycles. The Morgan fingerprint density at radius 2 is 2.38 bits per heavy atom. The predicted molar refractivity (Wildman–Crippen MR) is 86.6 cm³/mol. The molecule has 7 nitrogen and oxygen atoms in total. The fraction of sp³-hybridized carbons (Fsp3) is 0.267. The van der Waals surface area contributed by atoms with Crippen LogP contribution in [0, 0.1) is 17.1 Å². The summed E-state index contributed by atoms with van der Waals surface area (Å²) in [5.74, 6) is -0.599. The minimum Gasteiger partial charge on any atom is -0.443 e. The van der Waals surface area contributed by atoms with Gasteiger partial charge in [-0.15, -0.1) is 0 Å². The molecule has 2 amide bonds. The van der Waals surface area contributed by atoms with E-state index in [2.05, 4.69) is 10.3 Å². The molecule has 0 aliphatic heterocycles. The average molecular weight is 350 g/mol. The van der Waals surface area contributed by atoms with E-state index in [4.69, 9.17) is 10.00 Å². The lowest BCUT2D eigenvalue weighted by Crippen LogP contribution is -2.36. The molecule has 0 unspecified atom stereocenters.